The minimum atomic E-state index is 0.619. The van der Waals surface area contributed by atoms with Crippen LogP contribution in [0.3, 0.4) is 0 Å². The molecule has 4 aromatic rings. The number of rotatable bonds is 6. The molecule has 0 saturated heterocycles. The van der Waals surface area contributed by atoms with Gasteiger partial charge in [0.05, 0.1) is 20.5 Å². The largest absolute Gasteiger partial charge is 0.493 e. The topological polar surface area (TPSA) is 74.7 Å². The first-order chi connectivity index (χ1) is 12.3. The lowest BCUT2D eigenvalue weighted by Gasteiger charge is -2.09. The van der Waals surface area contributed by atoms with E-state index in [0.29, 0.717) is 11.6 Å². The van der Waals surface area contributed by atoms with E-state index in [1.807, 2.05) is 30.3 Å². The molecule has 128 valence electrons. The number of furan rings is 1. The second-order valence-corrected chi connectivity index (χ2v) is 6.42. The monoisotopic (exact) mass is 356 g/mol. The van der Waals surface area contributed by atoms with E-state index in [4.69, 9.17) is 13.9 Å². The predicted molar refractivity (Wildman–Crippen MR) is 93.3 cm³/mol. The van der Waals surface area contributed by atoms with Crippen LogP contribution in [0, 0.1) is 0 Å². The zero-order chi connectivity index (χ0) is 17.2. The number of nitrogens with zero attached hydrogens (tertiary/aromatic N) is 4. The van der Waals surface area contributed by atoms with Crippen molar-refractivity contribution in [3.05, 3.63) is 47.2 Å². The van der Waals surface area contributed by atoms with Crippen molar-refractivity contribution in [2.45, 2.75) is 12.8 Å². The summed E-state index contributed by atoms with van der Waals surface area (Å²) in [4.78, 5) is 0.758. The molecule has 8 heteroatoms. The maximum atomic E-state index is 5.39. The minimum Gasteiger partial charge on any atom is -0.493 e. The standard InChI is InChI=1S/C17H16N4O3S/c1-22-12-7-5-11(10-14(12)23-2)6-8-15-20-21-16(13-4-3-9-24-13)18-19-17(21)25-15/h3-5,7,9-10H,6,8H2,1-2H3. The van der Waals surface area contributed by atoms with Crippen molar-refractivity contribution in [1.29, 1.82) is 0 Å². The summed E-state index contributed by atoms with van der Waals surface area (Å²) >= 11 is 1.53. The highest BCUT2D eigenvalue weighted by Crippen LogP contribution is 2.28. The van der Waals surface area contributed by atoms with Gasteiger partial charge in [0.1, 0.15) is 5.01 Å². The Kier molecular flexibility index (Phi) is 4.10. The molecule has 0 radical (unpaired) electrons. The zero-order valence-electron chi connectivity index (χ0n) is 13.8. The van der Waals surface area contributed by atoms with E-state index in [-0.39, 0.29) is 0 Å². The normalized spacial score (nSPS) is 11.1. The molecule has 3 heterocycles. The van der Waals surface area contributed by atoms with E-state index in [0.717, 1.165) is 39.9 Å². The van der Waals surface area contributed by atoms with Crippen molar-refractivity contribution < 1.29 is 13.9 Å². The highest BCUT2D eigenvalue weighted by atomic mass is 32.1. The third kappa shape index (κ3) is 2.96. The van der Waals surface area contributed by atoms with Crippen LogP contribution in [0.25, 0.3) is 16.5 Å². The molecule has 0 N–H and O–H groups in total. The van der Waals surface area contributed by atoms with Crippen LogP contribution in [-0.2, 0) is 12.8 Å². The van der Waals surface area contributed by atoms with Gasteiger partial charge in [-0.2, -0.15) is 9.61 Å². The number of hydrogen-bond acceptors (Lipinski definition) is 7. The molecule has 3 aromatic heterocycles. The summed E-state index contributed by atoms with van der Waals surface area (Å²) < 4.78 is 17.7. The van der Waals surface area contributed by atoms with Gasteiger partial charge < -0.3 is 13.9 Å². The van der Waals surface area contributed by atoms with Gasteiger partial charge in [-0.3, -0.25) is 0 Å². The Labute approximate surface area is 147 Å². The van der Waals surface area contributed by atoms with Gasteiger partial charge in [0.2, 0.25) is 10.8 Å². The Hall–Kier alpha value is -2.87. The van der Waals surface area contributed by atoms with Crippen LogP contribution in [0.15, 0.2) is 41.0 Å². The molecule has 25 heavy (non-hydrogen) atoms. The Bertz CT molecular complexity index is 991. The lowest BCUT2D eigenvalue weighted by atomic mass is 10.1. The van der Waals surface area contributed by atoms with Crippen molar-refractivity contribution in [1.82, 2.24) is 19.8 Å². The molecule has 0 aliphatic rings. The predicted octanol–water partition coefficient (Wildman–Crippen LogP) is 3.25. The van der Waals surface area contributed by atoms with E-state index >= 15 is 0 Å². The molecule has 0 aliphatic heterocycles. The van der Waals surface area contributed by atoms with Crippen LogP contribution in [-0.4, -0.2) is 34.0 Å². The average Bonchev–Trinajstić information content (AvgIpc) is 3.36. The second kappa shape index (κ2) is 6.56. The average molecular weight is 356 g/mol. The Morgan fingerprint density at radius 3 is 2.72 bits per heavy atom. The van der Waals surface area contributed by atoms with Gasteiger partial charge in [0, 0.05) is 6.42 Å². The van der Waals surface area contributed by atoms with Crippen molar-refractivity contribution >= 4 is 16.3 Å². The van der Waals surface area contributed by atoms with Crippen LogP contribution < -0.4 is 9.47 Å². The number of aryl methyl sites for hydroxylation is 2. The summed E-state index contributed by atoms with van der Waals surface area (Å²) in [6, 6.07) is 9.62. The first-order valence-corrected chi connectivity index (χ1v) is 8.56. The Morgan fingerprint density at radius 1 is 1.08 bits per heavy atom. The summed E-state index contributed by atoms with van der Waals surface area (Å²) in [6.45, 7) is 0. The first kappa shape index (κ1) is 15.6. The Morgan fingerprint density at radius 2 is 1.96 bits per heavy atom. The van der Waals surface area contributed by atoms with Crippen LogP contribution in [0.4, 0.5) is 0 Å². The summed E-state index contributed by atoms with van der Waals surface area (Å²) in [6.07, 6.45) is 3.27. The Balaban J connectivity index is 1.54. The highest BCUT2D eigenvalue weighted by Gasteiger charge is 2.15. The third-order valence-corrected chi connectivity index (χ3v) is 4.81. The molecule has 0 atom stereocenters. The van der Waals surface area contributed by atoms with Crippen LogP contribution in [0.2, 0.25) is 0 Å². The van der Waals surface area contributed by atoms with Crippen LogP contribution in [0.1, 0.15) is 10.6 Å². The van der Waals surface area contributed by atoms with Gasteiger partial charge in [-0.15, -0.1) is 10.2 Å². The maximum Gasteiger partial charge on any atom is 0.235 e. The number of fused-ring (bicyclic) bond motifs is 1. The quantitative estimate of drug-likeness (QED) is 0.528. The molecular weight excluding hydrogens is 340 g/mol. The fraction of sp³-hybridized carbons (Fsp3) is 0.235. The van der Waals surface area contributed by atoms with E-state index in [2.05, 4.69) is 15.3 Å². The summed E-state index contributed by atoms with van der Waals surface area (Å²) in [7, 11) is 3.27. The van der Waals surface area contributed by atoms with Crippen molar-refractivity contribution in [3.8, 4) is 23.1 Å². The van der Waals surface area contributed by atoms with Gasteiger partial charge in [0.25, 0.3) is 0 Å². The summed E-state index contributed by atoms with van der Waals surface area (Å²) in [5.74, 6) is 2.74. The number of benzene rings is 1. The first-order valence-electron chi connectivity index (χ1n) is 7.74. The molecule has 0 aliphatic carbocycles. The SMILES string of the molecule is COc1ccc(CCc2nn3c(-c4ccco4)nnc3s2)cc1OC. The van der Waals surface area contributed by atoms with Crippen molar-refractivity contribution in [2.75, 3.05) is 14.2 Å². The molecule has 4 rings (SSSR count). The molecule has 7 nitrogen and oxygen atoms in total. The number of methoxy groups -OCH3 is 2. The van der Waals surface area contributed by atoms with E-state index in [1.54, 1.807) is 25.0 Å². The van der Waals surface area contributed by atoms with Crippen LogP contribution in [0.5, 0.6) is 11.5 Å². The molecule has 0 bridgehead atoms. The lowest BCUT2D eigenvalue weighted by Crippen LogP contribution is -1.96. The molecule has 0 saturated carbocycles. The lowest BCUT2D eigenvalue weighted by molar-refractivity contribution is 0.354. The van der Waals surface area contributed by atoms with Gasteiger partial charge in [0.15, 0.2) is 17.3 Å². The third-order valence-electron chi connectivity index (χ3n) is 3.85. The summed E-state index contributed by atoms with van der Waals surface area (Å²) in [5, 5.41) is 13.9. The molecule has 0 amide bonds. The smallest absolute Gasteiger partial charge is 0.235 e. The van der Waals surface area contributed by atoms with E-state index < -0.39 is 0 Å². The number of ether oxygens (including phenoxy) is 2. The van der Waals surface area contributed by atoms with Crippen molar-refractivity contribution in [3.63, 3.8) is 0 Å². The van der Waals surface area contributed by atoms with Gasteiger partial charge in [-0.05, 0) is 36.2 Å². The fourth-order valence-corrected chi connectivity index (χ4v) is 3.44. The molecule has 1 aromatic carbocycles. The molecular formula is C17H16N4O3S. The number of hydrogen-bond donors (Lipinski definition) is 0. The van der Waals surface area contributed by atoms with Crippen molar-refractivity contribution in [2.24, 2.45) is 0 Å². The minimum absolute atomic E-state index is 0.619. The van der Waals surface area contributed by atoms with Crippen LogP contribution >= 0.6 is 11.3 Å². The van der Waals surface area contributed by atoms with Gasteiger partial charge in [-0.1, -0.05) is 17.4 Å². The highest BCUT2D eigenvalue weighted by molar-refractivity contribution is 7.16. The van der Waals surface area contributed by atoms with E-state index in [9.17, 15) is 0 Å². The zero-order valence-corrected chi connectivity index (χ0v) is 14.6. The molecule has 0 spiro atoms. The number of aromatic nitrogens is 4. The maximum absolute atomic E-state index is 5.39. The van der Waals surface area contributed by atoms with Gasteiger partial charge >= 0.3 is 0 Å². The fourth-order valence-electron chi connectivity index (χ4n) is 2.60. The molecule has 0 fully saturated rings. The second-order valence-electron chi connectivity index (χ2n) is 5.38. The summed E-state index contributed by atoms with van der Waals surface area (Å²) in [5.41, 5.74) is 1.16. The molecule has 0 unspecified atom stereocenters. The van der Waals surface area contributed by atoms with E-state index in [1.165, 1.54) is 11.3 Å². The van der Waals surface area contributed by atoms with Gasteiger partial charge in [-0.25, -0.2) is 0 Å².